The van der Waals surface area contributed by atoms with E-state index in [0.29, 0.717) is 10.6 Å². The molecule has 2 aromatic carbocycles. The highest BCUT2D eigenvalue weighted by atomic mass is 35.5. The minimum atomic E-state index is -0.836. The predicted octanol–water partition coefficient (Wildman–Crippen LogP) is 3.62. The molecule has 0 radical (unpaired) electrons. The molecule has 0 fully saturated rings. The average Bonchev–Trinajstić information content (AvgIpc) is 2.59. The maximum Gasteiger partial charge on any atom is 0.345 e. The second-order valence-electron chi connectivity index (χ2n) is 4.68. The van der Waals surface area contributed by atoms with Crippen LogP contribution in [0.15, 0.2) is 36.4 Å². The smallest absolute Gasteiger partial charge is 0.345 e. The molecule has 0 saturated carbocycles. The zero-order valence-corrected chi connectivity index (χ0v) is 13.7. The van der Waals surface area contributed by atoms with Gasteiger partial charge < -0.3 is 14.2 Å². The van der Waals surface area contributed by atoms with Crippen molar-refractivity contribution in [3.8, 4) is 11.5 Å². The van der Waals surface area contributed by atoms with Crippen LogP contribution in [0.5, 0.6) is 11.5 Å². The van der Waals surface area contributed by atoms with Gasteiger partial charge in [0.1, 0.15) is 12.2 Å². The summed E-state index contributed by atoms with van der Waals surface area (Å²) in [5.41, 5.74) is 0.0660. The fraction of sp³-hybridized carbons (Fsp3) is 0.188. The standard InChI is InChI=1S/C16H14ClNO6/c1-22-14-7-12(13(18(20)21)8-15(14)23-2)16(19)24-9-10-3-5-11(17)6-4-10/h3-8H,9H2,1-2H3. The second kappa shape index (κ2) is 7.65. The minimum Gasteiger partial charge on any atom is -0.493 e. The molecule has 7 nitrogen and oxygen atoms in total. The number of benzene rings is 2. The van der Waals surface area contributed by atoms with Crippen LogP contribution in [0.2, 0.25) is 5.02 Å². The molecule has 0 heterocycles. The molecule has 24 heavy (non-hydrogen) atoms. The summed E-state index contributed by atoms with van der Waals surface area (Å²) in [7, 11) is 2.71. The Morgan fingerprint density at radius 3 is 2.25 bits per heavy atom. The van der Waals surface area contributed by atoms with E-state index >= 15 is 0 Å². The van der Waals surface area contributed by atoms with Gasteiger partial charge in [0.05, 0.1) is 25.2 Å². The van der Waals surface area contributed by atoms with Gasteiger partial charge in [-0.05, 0) is 17.7 Å². The lowest BCUT2D eigenvalue weighted by atomic mass is 10.1. The third-order valence-corrected chi connectivity index (χ3v) is 3.45. The van der Waals surface area contributed by atoms with E-state index in [-0.39, 0.29) is 23.7 Å². The number of rotatable bonds is 6. The number of hydrogen-bond donors (Lipinski definition) is 0. The largest absolute Gasteiger partial charge is 0.493 e. The maximum absolute atomic E-state index is 12.2. The molecule has 0 aliphatic heterocycles. The summed E-state index contributed by atoms with van der Waals surface area (Å²) in [5, 5.41) is 11.7. The number of nitro benzene ring substituents is 1. The van der Waals surface area contributed by atoms with E-state index < -0.39 is 16.6 Å². The van der Waals surface area contributed by atoms with Gasteiger partial charge in [-0.3, -0.25) is 10.1 Å². The Morgan fingerprint density at radius 1 is 1.12 bits per heavy atom. The van der Waals surface area contributed by atoms with Gasteiger partial charge in [-0.1, -0.05) is 23.7 Å². The number of carbonyl (C=O) groups is 1. The second-order valence-corrected chi connectivity index (χ2v) is 5.12. The first-order valence-corrected chi connectivity index (χ1v) is 7.16. The van der Waals surface area contributed by atoms with Crippen LogP contribution in [0.25, 0.3) is 0 Å². The highest BCUT2D eigenvalue weighted by molar-refractivity contribution is 6.30. The van der Waals surface area contributed by atoms with E-state index in [1.165, 1.54) is 20.3 Å². The highest BCUT2D eigenvalue weighted by Gasteiger charge is 2.25. The molecule has 0 bridgehead atoms. The number of nitro groups is 1. The number of methoxy groups -OCH3 is 2. The molecule has 0 unspecified atom stereocenters. The lowest BCUT2D eigenvalue weighted by Gasteiger charge is -2.10. The molecule has 0 atom stereocenters. The number of ether oxygens (including phenoxy) is 3. The van der Waals surface area contributed by atoms with Crippen molar-refractivity contribution in [2.24, 2.45) is 0 Å². The molecule has 126 valence electrons. The topological polar surface area (TPSA) is 87.9 Å². The van der Waals surface area contributed by atoms with Crippen molar-refractivity contribution in [3.05, 3.63) is 62.7 Å². The molecule has 2 rings (SSSR count). The molecule has 0 aliphatic carbocycles. The van der Waals surface area contributed by atoms with E-state index in [1.807, 2.05) is 0 Å². The van der Waals surface area contributed by atoms with Gasteiger partial charge in [0.25, 0.3) is 5.69 Å². The van der Waals surface area contributed by atoms with Crippen molar-refractivity contribution in [2.45, 2.75) is 6.61 Å². The van der Waals surface area contributed by atoms with Crippen LogP contribution in [-0.2, 0) is 11.3 Å². The summed E-state index contributed by atoms with van der Waals surface area (Å²) in [6.07, 6.45) is 0. The van der Waals surface area contributed by atoms with Crippen LogP contribution in [0, 0.1) is 10.1 Å². The van der Waals surface area contributed by atoms with E-state index in [2.05, 4.69) is 0 Å². The first-order valence-electron chi connectivity index (χ1n) is 6.78. The molecule has 0 aromatic heterocycles. The van der Waals surface area contributed by atoms with Crippen LogP contribution >= 0.6 is 11.6 Å². The molecule has 0 saturated heterocycles. The lowest BCUT2D eigenvalue weighted by Crippen LogP contribution is -2.09. The maximum atomic E-state index is 12.2. The van der Waals surface area contributed by atoms with Gasteiger partial charge in [-0.2, -0.15) is 0 Å². The van der Waals surface area contributed by atoms with Crippen LogP contribution < -0.4 is 9.47 Å². The van der Waals surface area contributed by atoms with E-state index in [0.717, 1.165) is 6.07 Å². The fourth-order valence-electron chi connectivity index (χ4n) is 1.99. The number of halogens is 1. The lowest BCUT2D eigenvalue weighted by molar-refractivity contribution is -0.385. The van der Waals surface area contributed by atoms with Gasteiger partial charge in [0.2, 0.25) is 0 Å². The molecular weight excluding hydrogens is 338 g/mol. The molecule has 8 heteroatoms. The normalized spacial score (nSPS) is 10.1. The predicted molar refractivity (Wildman–Crippen MR) is 86.8 cm³/mol. The van der Waals surface area contributed by atoms with Crippen LogP contribution in [-0.4, -0.2) is 25.1 Å². The van der Waals surface area contributed by atoms with Crippen molar-refractivity contribution in [3.63, 3.8) is 0 Å². The first-order chi connectivity index (χ1) is 11.5. The Kier molecular flexibility index (Phi) is 5.59. The monoisotopic (exact) mass is 351 g/mol. The summed E-state index contributed by atoms with van der Waals surface area (Å²) in [6.45, 7) is -0.0402. The number of hydrogen-bond acceptors (Lipinski definition) is 6. The van der Waals surface area contributed by atoms with Crippen molar-refractivity contribution < 1.29 is 23.9 Å². The van der Waals surface area contributed by atoms with Gasteiger partial charge in [-0.25, -0.2) is 4.79 Å². The Bertz CT molecular complexity index is 760. The number of esters is 1. The quantitative estimate of drug-likeness (QED) is 0.448. The minimum absolute atomic E-state index is 0.0402. The number of nitrogens with zero attached hydrogens (tertiary/aromatic N) is 1. The third kappa shape index (κ3) is 3.94. The molecule has 0 aliphatic rings. The Balaban J connectivity index is 2.26. The molecule has 0 amide bonds. The fourth-order valence-corrected chi connectivity index (χ4v) is 2.12. The summed E-state index contributed by atoms with van der Waals surface area (Å²) in [5.74, 6) is -0.488. The Morgan fingerprint density at radius 2 is 1.71 bits per heavy atom. The summed E-state index contributed by atoms with van der Waals surface area (Å²) < 4.78 is 15.2. The van der Waals surface area contributed by atoms with E-state index in [4.69, 9.17) is 25.8 Å². The van der Waals surface area contributed by atoms with Gasteiger partial charge in [0, 0.05) is 11.1 Å². The van der Waals surface area contributed by atoms with Gasteiger partial charge >= 0.3 is 5.97 Å². The summed E-state index contributed by atoms with van der Waals surface area (Å²) >= 11 is 5.78. The number of carbonyl (C=O) groups excluding carboxylic acids is 1. The van der Waals surface area contributed by atoms with Crippen LogP contribution in [0.4, 0.5) is 5.69 Å². The van der Waals surface area contributed by atoms with Gasteiger partial charge in [0.15, 0.2) is 11.5 Å². The van der Waals surface area contributed by atoms with Crippen molar-refractivity contribution in [1.82, 2.24) is 0 Å². The SMILES string of the molecule is COc1cc(C(=O)OCc2ccc(Cl)cc2)c([N+](=O)[O-])cc1OC. The average molecular weight is 352 g/mol. The Labute approximate surface area is 142 Å². The van der Waals surface area contributed by atoms with Crippen LogP contribution in [0.3, 0.4) is 0 Å². The Hall–Kier alpha value is -2.80. The third-order valence-electron chi connectivity index (χ3n) is 3.20. The highest BCUT2D eigenvalue weighted by Crippen LogP contribution is 2.34. The molecule has 0 spiro atoms. The van der Waals surface area contributed by atoms with Gasteiger partial charge in [-0.15, -0.1) is 0 Å². The van der Waals surface area contributed by atoms with Crippen molar-refractivity contribution >= 4 is 23.3 Å². The molecular formula is C16H14ClNO6. The summed E-state index contributed by atoms with van der Waals surface area (Å²) in [4.78, 5) is 22.7. The van der Waals surface area contributed by atoms with Crippen molar-refractivity contribution in [1.29, 1.82) is 0 Å². The summed E-state index contributed by atoms with van der Waals surface area (Å²) in [6, 6.07) is 9.04. The van der Waals surface area contributed by atoms with Crippen LogP contribution in [0.1, 0.15) is 15.9 Å². The van der Waals surface area contributed by atoms with Crippen molar-refractivity contribution in [2.75, 3.05) is 14.2 Å². The van der Waals surface area contributed by atoms with E-state index in [1.54, 1.807) is 24.3 Å². The zero-order valence-electron chi connectivity index (χ0n) is 12.9. The first kappa shape index (κ1) is 17.6. The molecule has 2 aromatic rings. The molecule has 0 N–H and O–H groups in total. The zero-order chi connectivity index (χ0) is 17.7. The van der Waals surface area contributed by atoms with E-state index in [9.17, 15) is 14.9 Å².